The standard InChI is InChI=1S/C19H23F2N5O4/c1-3-30-8-15(16(27)23-11-18(2)9-19(20,21)10-18)26-7-14(24-25-26)13-6-22-5-4-12(13)17(28)29/h4-7,15H,3,8-11H2,1-2H3,(H,23,27)(H,28,29). The van der Waals surface area contributed by atoms with E-state index in [1.54, 1.807) is 13.8 Å². The number of pyridine rings is 1. The van der Waals surface area contributed by atoms with Crippen LogP contribution in [-0.4, -0.2) is 62.6 Å². The van der Waals surface area contributed by atoms with Crippen LogP contribution >= 0.6 is 0 Å². The Labute approximate surface area is 171 Å². The molecular weight excluding hydrogens is 400 g/mol. The third kappa shape index (κ3) is 4.78. The van der Waals surface area contributed by atoms with Gasteiger partial charge in [-0.05, 0) is 18.4 Å². The third-order valence-electron chi connectivity index (χ3n) is 5.00. The summed E-state index contributed by atoms with van der Waals surface area (Å²) in [4.78, 5) is 28.1. The van der Waals surface area contributed by atoms with Crippen molar-refractivity contribution in [1.82, 2.24) is 25.3 Å². The highest BCUT2D eigenvalue weighted by atomic mass is 19.3. The zero-order valence-electron chi connectivity index (χ0n) is 16.6. The second-order valence-electron chi connectivity index (χ2n) is 7.72. The highest BCUT2D eigenvalue weighted by Gasteiger charge is 2.53. The smallest absolute Gasteiger partial charge is 0.336 e. The van der Waals surface area contributed by atoms with Crippen LogP contribution in [0, 0.1) is 5.41 Å². The first kappa shape index (κ1) is 21.8. The average Bonchev–Trinajstić information content (AvgIpc) is 3.15. The SMILES string of the molecule is CCOCC(C(=O)NCC1(C)CC(F)(F)C1)n1cc(-c2cnccc2C(=O)O)nn1. The summed E-state index contributed by atoms with van der Waals surface area (Å²) in [6.45, 7) is 3.94. The van der Waals surface area contributed by atoms with Crippen LogP contribution in [0.4, 0.5) is 8.78 Å². The highest BCUT2D eigenvalue weighted by Crippen LogP contribution is 2.51. The summed E-state index contributed by atoms with van der Waals surface area (Å²) in [5.74, 6) is -4.27. The summed E-state index contributed by atoms with van der Waals surface area (Å²) >= 11 is 0. The number of ether oxygens (including phenoxy) is 1. The van der Waals surface area contributed by atoms with Crippen molar-refractivity contribution in [3.63, 3.8) is 0 Å². The van der Waals surface area contributed by atoms with Crippen LogP contribution in [0.1, 0.15) is 43.1 Å². The van der Waals surface area contributed by atoms with Gasteiger partial charge in [0.25, 0.3) is 0 Å². The van der Waals surface area contributed by atoms with Crippen molar-refractivity contribution in [3.05, 3.63) is 30.2 Å². The molecule has 1 fully saturated rings. The fourth-order valence-electron chi connectivity index (χ4n) is 3.58. The van der Waals surface area contributed by atoms with Crippen molar-refractivity contribution < 1.29 is 28.2 Å². The average molecular weight is 423 g/mol. The number of hydrogen-bond donors (Lipinski definition) is 2. The van der Waals surface area contributed by atoms with Crippen molar-refractivity contribution in [2.45, 2.75) is 38.7 Å². The van der Waals surface area contributed by atoms with Gasteiger partial charge in [0.2, 0.25) is 11.8 Å². The van der Waals surface area contributed by atoms with Crippen molar-refractivity contribution in [2.24, 2.45) is 5.41 Å². The van der Waals surface area contributed by atoms with Gasteiger partial charge in [-0.2, -0.15) is 0 Å². The minimum atomic E-state index is -2.68. The first-order chi connectivity index (χ1) is 14.1. The molecule has 30 heavy (non-hydrogen) atoms. The van der Waals surface area contributed by atoms with E-state index in [1.165, 1.54) is 29.3 Å². The lowest BCUT2D eigenvalue weighted by atomic mass is 9.67. The van der Waals surface area contributed by atoms with Gasteiger partial charge in [0.1, 0.15) is 5.69 Å². The van der Waals surface area contributed by atoms with E-state index < -0.39 is 29.3 Å². The lowest BCUT2D eigenvalue weighted by Crippen LogP contribution is -2.51. The molecule has 0 aliphatic heterocycles. The van der Waals surface area contributed by atoms with Gasteiger partial charge in [-0.1, -0.05) is 12.1 Å². The van der Waals surface area contributed by atoms with E-state index in [1.807, 2.05) is 0 Å². The van der Waals surface area contributed by atoms with Gasteiger partial charge in [0.05, 0.1) is 18.4 Å². The Hall–Kier alpha value is -2.95. The Kier molecular flexibility index (Phi) is 6.11. The molecule has 1 amide bonds. The van der Waals surface area contributed by atoms with Gasteiger partial charge >= 0.3 is 5.97 Å². The number of hydrogen-bond acceptors (Lipinski definition) is 6. The molecule has 0 saturated heterocycles. The number of nitrogens with one attached hydrogen (secondary N) is 1. The minimum Gasteiger partial charge on any atom is -0.478 e. The number of aromatic carboxylic acids is 1. The van der Waals surface area contributed by atoms with Gasteiger partial charge in [-0.25, -0.2) is 18.3 Å². The molecule has 0 spiro atoms. The molecule has 3 rings (SSSR count). The molecule has 1 saturated carbocycles. The van der Waals surface area contributed by atoms with Gasteiger partial charge in [0.15, 0.2) is 6.04 Å². The molecule has 0 radical (unpaired) electrons. The maximum Gasteiger partial charge on any atom is 0.336 e. The number of carboxylic acid groups (broad SMARTS) is 1. The van der Waals surface area contributed by atoms with Crippen LogP contribution in [0.5, 0.6) is 0 Å². The Morgan fingerprint density at radius 3 is 2.77 bits per heavy atom. The molecule has 1 aliphatic rings. The lowest BCUT2D eigenvalue weighted by Gasteiger charge is -2.45. The van der Waals surface area contributed by atoms with Crippen LogP contribution in [-0.2, 0) is 9.53 Å². The number of carbonyl (C=O) groups excluding carboxylic acids is 1. The van der Waals surface area contributed by atoms with E-state index in [4.69, 9.17) is 4.74 Å². The van der Waals surface area contributed by atoms with E-state index >= 15 is 0 Å². The van der Waals surface area contributed by atoms with Gasteiger partial charge in [-0.15, -0.1) is 5.10 Å². The van der Waals surface area contributed by atoms with Crippen molar-refractivity contribution in [2.75, 3.05) is 19.8 Å². The summed E-state index contributed by atoms with van der Waals surface area (Å²) < 4.78 is 33.1. The fraction of sp³-hybridized carbons (Fsp3) is 0.526. The molecule has 0 bridgehead atoms. The summed E-state index contributed by atoms with van der Waals surface area (Å²) in [6, 6.07) is 0.455. The van der Waals surface area contributed by atoms with E-state index in [-0.39, 0.29) is 42.8 Å². The van der Waals surface area contributed by atoms with Gasteiger partial charge in [-0.3, -0.25) is 9.78 Å². The Morgan fingerprint density at radius 2 is 2.13 bits per heavy atom. The second-order valence-corrected chi connectivity index (χ2v) is 7.72. The van der Waals surface area contributed by atoms with Crippen LogP contribution in [0.15, 0.2) is 24.7 Å². The number of amides is 1. The summed E-state index contributed by atoms with van der Waals surface area (Å²) in [5.41, 5.74) is -0.160. The Balaban J connectivity index is 1.76. The maximum absolute atomic E-state index is 13.2. The van der Waals surface area contributed by atoms with Gasteiger partial charge < -0.3 is 15.2 Å². The molecule has 9 nitrogen and oxygen atoms in total. The van der Waals surface area contributed by atoms with Crippen LogP contribution in [0.25, 0.3) is 11.3 Å². The first-order valence-electron chi connectivity index (χ1n) is 9.47. The predicted octanol–water partition coefficient (Wildman–Crippen LogP) is 2.17. The number of halogens is 2. The largest absolute Gasteiger partial charge is 0.478 e. The van der Waals surface area contributed by atoms with Crippen molar-refractivity contribution in [1.29, 1.82) is 0 Å². The zero-order chi connectivity index (χ0) is 21.9. The number of carbonyl (C=O) groups is 2. The number of rotatable bonds is 9. The maximum atomic E-state index is 13.2. The number of aromatic nitrogens is 4. The van der Waals surface area contributed by atoms with Crippen LogP contribution < -0.4 is 5.32 Å². The van der Waals surface area contributed by atoms with Crippen LogP contribution in [0.3, 0.4) is 0 Å². The molecule has 1 aliphatic carbocycles. The predicted molar refractivity (Wildman–Crippen MR) is 101 cm³/mol. The van der Waals surface area contributed by atoms with E-state index in [0.29, 0.717) is 6.61 Å². The van der Waals surface area contributed by atoms with Crippen molar-refractivity contribution >= 4 is 11.9 Å². The van der Waals surface area contributed by atoms with Crippen LogP contribution in [0.2, 0.25) is 0 Å². The quantitative estimate of drug-likeness (QED) is 0.634. The number of alkyl halides is 2. The first-order valence-corrected chi connectivity index (χ1v) is 9.47. The summed E-state index contributed by atoms with van der Waals surface area (Å²) in [5, 5.41) is 20.0. The molecule has 0 aromatic carbocycles. The molecule has 162 valence electrons. The highest BCUT2D eigenvalue weighted by molar-refractivity contribution is 5.95. The molecule has 11 heteroatoms. The second kappa shape index (κ2) is 8.42. The number of carboxylic acids is 1. The molecular formula is C19H23F2N5O4. The zero-order valence-corrected chi connectivity index (χ0v) is 16.6. The Morgan fingerprint density at radius 1 is 1.40 bits per heavy atom. The summed E-state index contributed by atoms with van der Waals surface area (Å²) in [7, 11) is 0. The summed E-state index contributed by atoms with van der Waals surface area (Å²) in [6.07, 6.45) is 3.60. The molecule has 1 unspecified atom stereocenters. The third-order valence-corrected chi connectivity index (χ3v) is 5.00. The fourth-order valence-corrected chi connectivity index (χ4v) is 3.58. The lowest BCUT2D eigenvalue weighted by molar-refractivity contribution is -0.155. The van der Waals surface area contributed by atoms with Crippen molar-refractivity contribution in [3.8, 4) is 11.3 Å². The van der Waals surface area contributed by atoms with E-state index in [2.05, 4.69) is 20.6 Å². The monoisotopic (exact) mass is 423 g/mol. The minimum absolute atomic E-state index is 0.00157. The molecule has 2 N–H and O–H groups in total. The van der Waals surface area contributed by atoms with Gasteiger partial charge in [0, 0.05) is 44.0 Å². The molecule has 2 aromatic heterocycles. The van der Waals surface area contributed by atoms with E-state index in [9.17, 15) is 23.5 Å². The number of nitrogens with zero attached hydrogens (tertiary/aromatic N) is 4. The molecule has 1 atom stereocenters. The topological polar surface area (TPSA) is 119 Å². The molecule has 2 aromatic rings. The molecule has 2 heterocycles. The normalized spacial score (nSPS) is 17.7. The Bertz CT molecular complexity index is 925. The van der Waals surface area contributed by atoms with E-state index in [0.717, 1.165) is 0 Å².